The fraction of sp³-hybridized carbons (Fsp3) is 0.741. The maximum absolute atomic E-state index is 13.6. The molecule has 2 saturated carbocycles. The zero-order valence-corrected chi connectivity index (χ0v) is 20.5. The Balaban J connectivity index is 1.66. The third kappa shape index (κ3) is 1.91. The van der Waals surface area contributed by atoms with Crippen molar-refractivity contribution in [2.75, 3.05) is 13.2 Å². The van der Waals surface area contributed by atoms with E-state index in [0.717, 1.165) is 12.8 Å². The second kappa shape index (κ2) is 5.71. The number of rotatable bonds is 2. The van der Waals surface area contributed by atoms with Crippen LogP contribution >= 0.6 is 0 Å². The molecule has 2 heterocycles. The predicted molar refractivity (Wildman–Crippen MR) is 119 cm³/mol. The van der Waals surface area contributed by atoms with Crippen molar-refractivity contribution in [2.24, 2.45) is 33.0 Å². The number of allylic oxidation sites excluding steroid dienone is 2. The molecule has 0 aromatic heterocycles. The average Bonchev–Trinajstić information content (AvgIpc) is 3.07. The maximum Gasteiger partial charge on any atom is 0.334 e. The number of esters is 1. The van der Waals surface area contributed by atoms with E-state index in [4.69, 9.17) is 14.2 Å². The van der Waals surface area contributed by atoms with Crippen LogP contribution in [0.4, 0.5) is 0 Å². The summed E-state index contributed by atoms with van der Waals surface area (Å²) in [6, 6.07) is 0. The Labute approximate surface area is 195 Å². The van der Waals surface area contributed by atoms with Crippen molar-refractivity contribution in [3.8, 4) is 0 Å². The van der Waals surface area contributed by atoms with Gasteiger partial charge < -0.3 is 14.2 Å². The molecule has 7 rings (SSSR count). The SMILES string of the molecule is CCOC(=O)C1=CC2(C)CC34CCC5C(C)(C)C(=O)C=CC5(C)C35OCC14C(C)(CC2=O)O5. The van der Waals surface area contributed by atoms with Crippen LogP contribution in [0.15, 0.2) is 23.8 Å². The van der Waals surface area contributed by atoms with E-state index in [2.05, 4.69) is 6.92 Å². The Morgan fingerprint density at radius 2 is 1.91 bits per heavy atom. The number of ether oxygens (including phenoxy) is 3. The van der Waals surface area contributed by atoms with E-state index in [0.29, 0.717) is 18.6 Å². The summed E-state index contributed by atoms with van der Waals surface area (Å²) in [7, 11) is 0. The standard InChI is InChI=1S/C27H34O6/c1-7-31-20(30)16-12-22(4)14-25-11-8-17-21(2,3)18(28)9-10-23(17,5)27(25)32-15-26(16,25)24(6,33-27)13-19(22)29/h9-10,12,17H,7-8,11,13-15H2,1-6H3. The van der Waals surface area contributed by atoms with Crippen LogP contribution in [0.3, 0.4) is 0 Å². The molecule has 6 heteroatoms. The number of hydrogen-bond acceptors (Lipinski definition) is 6. The van der Waals surface area contributed by atoms with Crippen molar-refractivity contribution >= 4 is 17.5 Å². The summed E-state index contributed by atoms with van der Waals surface area (Å²) in [5, 5.41) is 0. The van der Waals surface area contributed by atoms with Gasteiger partial charge in [0.2, 0.25) is 0 Å². The van der Waals surface area contributed by atoms with E-state index in [1.165, 1.54) is 0 Å². The molecule has 33 heavy (non-hydrogen) atoms. The summed E-state index contributed by atoms with van der Waals surface area (Å²) in [6.07, 6.45) is 7.98. The molecule has 6 nitrogen and oxygen atoms in total. The van der Waals surface area contributed by atoms with E-state index in [1.807, 2.05) is 39.8 Å². The second-order valence-corrected chi connectivity index (χ2v) is 12.5. The first-order chi connectivity index (χ1) is 15.3. The third-order valence-electron chi connectivity index (χ3n) is 10.8. The number of Topliss-reactive ketones (excluding diaryl/α,β-unsaturated/α-hetero) is 1. The highest BCUT2D eigenvalue weighted by molar-refractivity contribution is 5.98. The Bertz CT molecular complexity index is 1090. The first kappa shape index (κ1) is 21.7. The topological polar surface area (TPSA) is 78.9 Å². The van der Waals surface area contributed by atoms with Gasteiger partial charge in [-0.25, -0.2) is 4.79 Å². The highest BCUT2D eigenvalue weighted by Gasteiger charge is 2.91. The van der Waals surface area contributed by atoms with Gasteiger partial charge in [-0.05, 0) is 52.0 Å². The largest absolute Gasteiger partial charge is 0.463 e. The van der Waals surface area contributed by atoms with Gasteiger partial charge in [-0.2, -0.15) is 0 Å². The zero-order chi connectivity index (χ0) is 23.9. The van der Waals surface area contributed by atoms with Crippen LogP contribution in [0, 0.1) is 33.0 Å². The fourth-order valence-corrected chi connectivity index (χ4v) is 9.42. The van der Waals surface area contributed by atoms with Crippen molar-refractivity contribution in [3.63, 3.8) is 0 Å². The van der Waals surface area contributed by atoms with Gasteiger partial charge in [0.1, 0.15) is 5.78 Å². The minimum absolute atomic E-state index is 0.0320. The molecule has 7 unspecified atom stereocenters. The van der Waals surface area contributed by atoms with Crippen LogP contribution in [-0.2, 0) is 28.6 Å². The number of carbonyl (C=O) groups is 3. The first-order valence-electron chi connectivity index (χ1n) is 12.3. The van der Waals surface area contributed by atoms with Gasteiger partial charge in [0.15, 0.2) is 11.6 Å². The molecule has 2 saturated heterocycles. The third-order valence-corrected chi connectivity index (χ3v) is 10.8. The van der Waals surface area contributed by atoms with Gasteiger partial charge in [-0.3, -0.25) is 9.59 Å². The van der Waals surface area contributed by atoms with Gasteiger partial charge in [-0.15, -0.1) is 0 Å². The van der Waals surface area contributed by atoms with Crippen LogP contribution in [0.1, 0.15) is 67.2 Å². The molecule has 0 amide bonds. The molecular formula is C27H34O6. The Hall–Kier alpha value is -1.79. The summed E-state index contributed by atoms with van der Waals surface area (Å²) in [6.45, 7) is 12.6. The van der Waals surface area contributed by atoms with Crippen molar-refractivity contribution in [3.05, 3.63) is 23.8 Å². The van der Waals surface area contributed by atoms with Crippen LogP contribution in [0.25, 0.3) is 0 Å². The number of hydrogen-bond donors (Lipinski definition) is 0. The van der Waals surface area contributed by atoms with E-state index >= 15 is 0 Å². The van der Waals surface area contributed by atoms with Crippen molar-refractivity contribution in [1.82, 2.24) is 0 Å². The number of carbonyl (C=O) groups excluding carboxylic acids is 3. The van der Waals surface area contributed by atoms with Gasteiger partial charge in [0.25, 0.3) is 0 Å². The molecule has 4 fully saturated rings. The Morgan fingerprint density at radius 3 is 2.61 bits per heavy atom. The van der Waals surface area contributed by atoms with Crippen molar-refractivity contribution in [2.45, 2.75) is 78.6 Å². The fourth-order valence-electron chi connectivity index (χ4n) is 9.42. The minimum Gasteiger partial charge on any atom is -0.463 e. The van der Waals surface area contributed by atoms with Gasteiger partial charge >= 0.3 is 5.97 Å². The maximum atomic E-state index is 13.6. The molecule has 5 aliphatic carbocycles. The second-order valence-electron chi connectivity index (χ2n) is 12.5. The number of ketones is 2. The van der Waals surface area contributed by atoms with E-state index in [1.54, 1.807) is 13.0 Å². The molecule has 2 spiro atoms. The van der Waals surface area contributed by atoms with Gasteiger partial charge in [0, 0.05) is 33.7 Å². The lowest BCUT2D eigenvalue weighted by atomic mass is 9.39. The van der Waals surface area contributed by atoms with Crippen LogP contribution in [-0.4, -0.2) is 42.1 Å². The lowest BCUT2D eigenvalue weighted by Gasteiger charge is -2.63. The zero-order valence-electron chi connectivity index (χ0n) is 20.5. The molecule has 0 N–H and O–H groups in total. The van der Waals surface area contributed by atoms with Crippen LogP contribution < -0.4 is 0 Å². The lowest BCUT2D eigenvalue weighted by molar-refractivity contribution is -0.357. The summed E-state index contributed by atoms with van der Waals surface area (Å²) in [4.78, 5) is 39.9. The van der Waals surface area contributed by atoms with Gasteiger partial charge in [0.05, 0.1) is 24.2 Å². The predicted octanol–water partition coefficient (Wildman–Crippen LogP) is 3.93. The average molecular weight is 455 g/mol. The molecular weight excluding hydrogens is 420 g/mol. The lowest BCUT2D eigenvalue weighted by Crippen LogP contribution is -2.68. The van der Waals surface area contributed by atoms with Crippen LogP contribution in [0.2, 0.25) is 0 Å². The summed E-state index contributed by atoms with van der Waals surface area (Å²) in [5.41, 5.74) is -3.53. The number of fused-ring (bicyclic) bond motifs is 2. The van der Waals surface area contributed by atoms with Crippen molar-refractivity contribution in [1.29, 1.82) is 0 Å². The van der Waals surface area contributed by atoms with Crippen molar-refractivity contribution < 1.29 is 28.6 Å². The summed E-state index contributed by atoms with van der Waals surface area (Å²) >= 11 is 0. The smallest absolute Gasteiger partial charge is 0.334 e. The van der Waals surface area contributed by atoms with E-state index < -0.39 is 38.5 Å². The highest BCUT2D eigenvalue weighted by Crippen LogP contribution is 2.85. The molecule has 7 aliphatic rings. The Kier molecular flexibility index (Phi) is 3.76. The van der Waals surface area contributed by atoms with E-state index in [9.17, 15) is 14.4 Å². The quantitative estimate of drug-likeness (QED) is 0.589. The normalized spacial score (nSPS) is 52.8. The van der Waals surface area contributed by atoms with Crippen LogP contribution in [0.5, 0.6) is 0 Å². The molecule has 0 aromatic rings. The molecule has 178 valence electrons. The molecule has 7 atom stereocenters. The molecule has 2 aliphatic heterocycles. The minimum atomic E-state index is -1.01. The van der Waals surface area contributed by atoms with Gasteiger partial charge in [-0.1, -0.05) is 32.9 Å². The molecule has 5 bridgehead atoms. The monoisotopic (exact) mass is 454 g/mol. The summed E-state index contributed by atoms with van der Waals surface area (Å²) in [5.74, 6) is -1.10. The highest BCUT2D eigenvalue weighted by atomic mass is 16.7. The van der Waals surface area contributed by atoms with E-state index in [-0.39, 0.29) is 36.5 Å². The Morgan fingerprint density at radius 1 is 1.18 bits per heavy atom. The first-order valence-corrected chi connectivity index (χ1v) is 12.3. The molecule has 0 radical (unpaired) electrons. The molecule has 0 aromatic carbocycles. The summed E-state index contributed by atoms with van der Waals surface area (Å²) < 4.78 is 19.4.